The minimum atomic E-state index is -0.493. The molecule has 0 saturated carbocycles. The maximum atomic E-state index is 11.5. The van der Waals surface area contributed by atoms with Gasteiger partial charge in [-0.15, -0.1) is 0 Å². The monoisotopic (exact) mass is 344 g/mol. The number of anilines is 3. The SMILES string of the molecule is CN1CCN(Nc2ncnc(NNc3ccccc3)c2[N+](=O)[O-])CC1. The molecule has 1 aromatic carbocycles. The number of likely N-dealkylation sites (N-methyl/N-ethyl adjacent to an activating group) is 1. The molecule has 0 amide bonds. The first-order chi connectivity index (χ1) is 12.1. The smallest absolute Gasteiger partial charge is 0.304 e. The molecule has 10 nitrogen and oxygen atoms in total. The van der Waals surface area contributed by atoms with E-state index >= 15 is 0 Å². The summed E-state index contributed by atoms with van der Waals surface area (Å²) in [6.45, 7) is 3.27. The van der Waals surface area contributed by atoms with Crippen LogP contribution in [0.4, 0.5) is 23.0 Å². The molecule has 25 heavy (non-hydrogen) atoms. The number of hydrogen-bond donors (Lipinski definition) is 3. The third-order valence-electron chi connectivity index (χ3n) is 3.87. The minimum absolute atomic E-state index is 0.0977. The highest BCUT2D eigenvalue weighted by Gasteiger charge is 2.25. The van der Waals surface area contributed by atoms with E-state index in [4.69, 9.17) is 0 Å². The molecule has 1 aliphatic heterocycles. The summed E-state index contributed by atoms with van der Waals surface area (Å²) in [5.74, 6) is 0.266. The van der Waals surface area contributed by atoms with E-state index in [1.54, 1.807) is 0 Å². The average molecular weight is 344 g/mol. The fraction of sp³-hybridized carbons (Fsp3) is 0.333. The normalized spacial score (nSPS) is 15.6. The van der Waals surface area contributed by atoms with Gasteiger partial charge in [0.25, 0.3) is 0 Å². The van der Waals surface area contributed by atoms with Gasteiger partial charge in [-0.1, -0.05) is 18.2 Å². The van der Waals surface area contributed by atoms with E-state index in [9.17, 15) is 10.1 Å². The van der Waals surface area contributed by atoms with Crippen LogP contribution < -0.4 is 16.3 Å². The summed E-state index contributed by atoms with van der Waals surface area (Å²) >= 11 is 0. The largest absolute Gasteiger partial charge is 0.356 e. The second-order valence-corrected chi connectivity index (χ2v) is 5.69. The summed E-state index contributed by atoms with van der Waals surface area (Å²) in [4.78, 5) is 21.3. The number of para-hydroxylation sites is 1. The third-order valence-corrected chi connectivity index (χ3v) is 3.87. The van der Waals surface area contributed by atoms with Crippen molar-refractivity contribution < 1.29 is 4.92 Å². The Balaban J connectivity index is 1.75. The molecule has 1 aliphatic rings. The first kappa shape index (κ1) is 16.9. The molecule has 1 fully saturated rings. The predicted molar refractivity (Wildman–Crippen MR) is 95.1 cm³/mol. The van der Waals surface area contributed by atoms with Crippen LogP contribution in [0.15, 0.2) is 36.7 Å². The van der Waals surface area contributed by atoms with Crippen molar-refractivity contribution in [1.82, 2.24) is 19.9 Å². The fourth-order valence-corrected chi connectivity index (χ4v) is 2.45. The van der Waals surface area contributed by atoms with Gasteiger partial charge in [-0.2, -0.15) is 0 Å². The minimum Gasteiger partial charge on any atom is -0.304 e. The number of nitrogens with one attached hydrogen (secondary N) is 3. The molecule has 1 saturated heterocycles. The number of hydrazine groups is 2. The summed E-state index contributed by atoms with van der Waals surface area (Å²) < 4.78 is 0. The zero-order valence-corrected chi connectivity index (χ0v) is 13.8. The summed E-state index contributed by atoms with van der Waals surface area (Å²) in [5.41, 5.74) is 9.29. The number of benzene rings is 1. The van der Waals surface area contributed by atoms with Crippen LogP contribution in [-0.2, 0) is 0 Å². The summed E-state index contributed by atoms with van der Waals surface area (Å²) in [7, 11) is 2.04. The lowest BCUT2D eigenvalue weighted by molar-refractivity contribution is -0.383. The molecule has 2 aromatic rings. The zero-order chi connectivity index (χ0) is 17.6. The van der Waals surface area contributed by atoms with Crippen molar-refractivity contribution >= 4 is 23.0 Å². The van der Waals surface area contributed by atoms with E-state index in [2.05, 4.69) is 31.1 Å². The maximum absolute atomic E-state index is 11.5. The van der Waals surface area contributed by atoms with Crippen LogP contribution in [0.3, 0.4) is 0 Å². The molecule has 10 heteroatoms. The molecule has 132 valence electrons. The fourth-order valence-electron chi connectivity index (χ4n) is 2.45. The van der Waals surface area contributed by atoms with Crippen molar-refractivity contribution in [3.05, 3.63) is 46.8 Å². The van der Waals surface area contributed by atoms with Crippen molar-refractivity contribution in [3.8, 4) is 0 Å². The van der Waals surface area contributed by atoms with Gasteiger partial charge in [0.15, 0.2) is 0 Å². The number of nitrogens with zero attached hydrogens (tertiary/aromatic N) is 5. The Morgan fingerprint density at radius 1 is 1.04 bits per heavy atom. The molecule has 3 N–H and O–H groups in total. The van der Waals surface area contributed by atoms with Crippen molar-refractivity contribution in [2.75, 3.05) is 49.5 Å². The Kier molecular flexibility index (Phi) is 5.21. The van der Waals surface area contributed by atoms with Gasteiger partial charge in [0.05, 0.1) is 10.6 Å². The van der Waals surface area contributed by atoms with E-state index < -0.39 is 4.92 Å². The summed E-state index contributed by atoms with van der Waals surface area (Å²) in [5, 5.41) is 13.5. The second kappa shape index (κ2) is 7.73. The highest BCUT2D eigenvalue weighted by atomic mass is 16.6. The van der Waals surface area contributed by atoms with Crippen LogP contribution in [0, 0.1) is 10.1 Å². The molecule has 0 unspecified atom stereocenters. The number of aromatic nitrogens is 2. The van der Waals surface area contributed by atoms with Crippen molar-refractivity contribution in [3.63, 3.8) is 0 Å². The summed E-state index contributed by atoms with van der Waals surface area (Å²) in [6, 6.07) is 9.28. The lowest BCUT2D eigenvalue weighted by Gasteiger charge is -2.32. The van der Waals surface area contributed by atoms with Crippen molar-refractivity contribution in [2.24, 2.45) is 0 Å². The molecule has 0 atom stereocenters. The number of nitro groups is 1. The van der Waals surface area contributed by atoms with Crippen LogP contribution in [-0.4, -0.2) is 58.0 Å². The van der Waals surface area contributed by atoms with E-state index in [1.165, 1.54) is 6.33 Å². The van der Waals surface area contributed by atoms with Crippen LogP contribution in [0.25, 0.3) is 0 Å². The first-order valence-corrected chi connectivity index (χ1v) is 7.90. The van der Waals surface area contributed by atoms with Crippen LogP contribution in [0.5, 0.6) is 0 Å². The Bertz CT molecular complexity index is 719. The van der Waals surface area contributed by atoms with Crippen LogP contribution in [0.1, 0.15) is 0 Å². The Labute approximate surface area is 145 Å². The van der Waals surface area contributed by atoms with Gasteiger partial charge in [0.2, 0.25) is 11.6 Å². The highest BCUT2D eigenvalue weighted by Crippen LogP contribution is 2.29. The molecule has 0 aliphatic carbocycles. The summed E-state index contributed by atoms with van der Waals surface area (Å²) in [6.07, 6.45) is 1.29. The highest BCUT2D eigenvalue weighted by molar-refractivity contribution is 5.70. The molecular formula is C15H20N8O2. The van der Waals surface area contributed by atoms with Gasteiger partial charge >= 0.3 is 5.69 Å². The first-order valence-electron chi connectivity index (χ1n) is 7.90. The average Bonchev–Trinajstić information content (AvgIpc) is 2.62. The van der Waals surface area contributed by atoms with Gasteiger partial charge in [0.1, 0.15) is 6.33 Å². The standard InChI is InChI=1S/C15H20N8O2/c1-21-7-9-22(10-8-21)20-15-13(23(24)25)14(16-11-17-15)19-18-12-5-3-2-4-6-12/h2-6,11,18H,7-10H2,1H3,(H2,16,17,19,20). The lowest BCUT2D eigenvalue weighted by Crippen LogP contribution is -2.47. The second-order valence-electron chi connectivity index (χ2n) is 5.69. The Morgan fingerprint density at radius 2 is 1.72 bits per heavy atom. The van der Waals surface area contributed by atoms with E-state index in [0.29, 0.717) is 0 Å². The predicted octanol–water partition coefficient (Wildman–Crippen LogP) is 1.40. The van der Waals surface area contributed by atoms with Crippen LogP contribution >= 0.6 is 0 Å². The molecule has 0 spiro atoms. The molecule has 2 heterocycles. The van der Waals surface area contributed by atoms with E-state index in [0.717, 1.165) is 31.9 Å². The number of rotatable bonds is 6. The topological polar surface area (TPSA) is 111 Å². The zero-order valence-electron chi connectivity index (χ0n) is 13.8. The number of hydrogen-bond acceptors (Lipinski definition) is 9. The van der Waals surface area contributed by atoms with Crippen molar-refractivity contribution in [2.45, 2.75) is 0 Å². The maximum Gasteiger partial charge on any atom is 0.356 e. The van der Waals surface area contributed by atoms with E-state index in [1.807, 2.05) is 42.4 Å². The Hall–Kier alpha value is -2.98. The van der Waals surface area contributed by atoms with Crippen molar-refractivity contribution in [1.29, 1.82) is 0 Å². The molecule has 3 rings (SSSR count). The van der Waals surface area contributed by atoms with Crippen LogP contribution in [0.2, 0.25) is 0 Å². The van der Waals surface area contributed by atoms with Gasteiger partial charge in [-0.05, 0) is 19.2 Å². The quantitative estimate of drug-likeness (QED) is 0.529. The Morgan fingerprint density at radius 3 is 2.40 bits per heavy atom. The van der Waals surface area contributed by atoms with Gasteiger partial charge < -0.3 is 4.90 Å². The molecule has 0 radical (unpaired) electrons. The van der Waals surface area contributed by atoms with Gasteiger partial charge in [-0.25, -0.2) is 15.0 Å². The van der Waals surface area contributed by atoms with Gasteiger partial charge in [-0.3, -0.25) is 26.4 Å². The van der Waals surface area contributed by atoms with E-state index in [-0.39, 0.29) is 17.3 Å². The third kappa shape index (κ3) is 4.31. The molecule has 1 aromatic heterocycles. The molecule has 0 bridgehead atoms. The molecular weight excluding hydrogens is 324 g/mol. The number of piperazine rings is 1. The van der Waals surface area contributed by atoms with Gasteiger partial charge in [0, 0.05) is 26.2 Å². The lowest BCUT2D eigenvalue weighted by atomic mass is 10.3.